The van der Waals surface area contributed by atoms with Crippen molar-refractivity contribution in [2.24, 2.45) is 11.3 Å². The van der Waals surface area contributed by atoms with Crippen molar-refractivity contribution < 1.29 is 14.6 Å². The van der Waals surface area contributed by atoms with Crippen LogP contribution in [0.25, 0.3) is 0 Å². The number of fused-ring (bicyclic) bond motifs is 1. The highest BCUT2D eigenvalue weighted by atomic mass is 16.5. The number of hydrogen-bond donors (Lipinski definition) is 1. The highest BCUT2D eigenvalue weighted by molar-refractivity contribution is 5.18. The highest BCUT2D eigenvalue weighted by Gasteiger charge is 2.67. The number of benzene rings is 2. The molecule has 2 fully saturated rings. The molecule has 0 saturated heterocycles. The summed E-state index contributed by atoms with van der Waals surface area (Å²) < 4.78 is 12.2. The third-order valence-electron chi connectivity index (χ3n) is 5.52. The maximum absolute atomic E-state index is 10.3. The number of hydrogen-bond acceptors (Lipinski definition) is 3. The van der Waals surface area contributed by atoms with Gasteiger partial charge in [0.25, 0.3) is 0 Å². The van der Waals surface area contributed by atoms with Gasteiger partial charge in [-0.1, -0.05) is 60.7 Å². The van der Waals surface area contributed by atoms with Crippen LogP contribution in [0, 0.1) is 11.3 Å². The van der Waals surface area contributed by atoms with Crippen molar-refractivity contribution in [3.63, 3.8) is 0 Å². The molecular weight excluding hydrogens is 300 g/mol. The Balaban J connectivity index is 1.34. The predicted molar refractivity (Wildman–Crippen MR) is 92.3 cm³/mol. The molecular formula is C21H24O3. The van der Waals surface area contributed by atoms with E-state index in [1.807, 2.05) is 36.4 Å². The van der Waals surface area contributed by atoms with Crippen molar-refractivity contribution in [2.45, 2.75) is 38.3 Å². The van der Waals surface area contributed by atoms with E-state index in [-0.39, 0.29) is 17.6 Å². The van der Waals surface area contributed by atoms with Gasteiger partial charge in [0.2, 0.25) is 0 Å². The molecule has 0 radical (unpaired) electrons. The Labute approximate surface area is 143 Å². The summed E-state index contributed by atoms with van der Waals surface area (Å²) in [7, 11) is 0. The van der Waals surface area contributed by atoms with Crippen LogP contribution in [0.5, 0.6) is 0 Å². The zero-order valence-electron chi connectivity index (χ0n) is 13.8. The maximum Gasteiger partial charge on any atom is 0.0720 e. The summed E-state index contributed by atoms with van der Waals surface area (Å²) in [5, 5.41) is 10.3. The average molecular weight is 324 g/mol. The second-order valence-electron chi connectivity index (χ2n) is 7.11. The lowest BCUT2D eigenvalue weighted by Gasteiger charge is -2.24. The van der Waals surface area contributed by atoms with E-state index in [1.54, 1.807) is 0 Å². The van der Waals surface area contributed by atoms with Crippen LogP contribution in [0.1, 0.15) is 24.0 Å². The fourth-order valence-corrected chi connectivity index (χ4v) is 4.06. The highest BCUT2D eigenvalue weighted by Crippen LogP contribution is 2.64. The summed E-state index contributed by atoms with van der Waals surface area (Å²) in [6.07, 6.45) is 1.59. The van der Waals surface area contributed by atoms with Gasteiger partial charge in [0.15, 0.2) is 0 Å². The van der Waals surface area contributed by atoms with Gasteiger partial charge < -0.3 is 14.6 Å². The molecule has 0 aromatic heterocycles. The lowest BCUT2D eigenvalue weighted by atomic mass is 10.0. The average Bonchev–Trinajstić information content (AvgIpc) is 3.30. The summed E-state index contributed by atoms with van der Waals surface area (Å²) in [5.41, 5.74) is 2.38. The maximum atomic E-state index is 10.3. The molecule has 1 N–H and O–H groups in total. The Morgan fingerprint density at radius 2 is 1.54 bits per heavy atom. The molecule has 0 spiro atoms. The molecule has 3 nitrogen and oxygen atoms in total. The molecule has 3 heteroatoms. The fraction of sp³-hybridized carbons (Fsp3) is 0.429. The van der Waals surface area contributed by atoms with Crippen molar-refractivity contribution in [3.8, 4) is 0 Å². The van der Waals surface area contributed by atoms with Crippen LogP contribution in [0.4, 0.5) is 0 Å². The van der Waals surface area contributed by atoms with Crippen molar-refractivity contribution in [3.05, 3.63) is 71.8 Å². The largest absolute Gasteiger partial charge is 0.393 e. The van der Waals surface area contributed by atoms with Gasteiger partial charge in [0.05, 0.1) is 32.0 Å². The zero-order valence-corrected chi connectivity index (χ0v) is 13.8. The fourth-order valence-electron chi connectivity index (χ4n) is 4.06. The molecule has 0 bridgehead atoms. The molecule has 2 aliphatic carbocycles. The second kappa shape index (κ2) is 6.67. The Kier molecular flexibility index (Phi) is 4.40. The number of rotatable bonds is 7. The van der Waals surface area contributed by atoms with Crippen LogP contribution in [0.3, 0.4) is 0 Å². The number of ether oxygens (including phenoxy) is 2. The SMILES string of the molecule is OC1CC(OCc2ccccc2)C2(COCc3ccccc3)CC12. The van der Waals surface area contributed by atoms with E-state index in [0.29, 0.717) is 25.7 Å². The second-order valence-corrected chi connectivity index (χ2v) is 7.11. The molecule has 2 aromatic rings. The molecule has 126 valence electrons. The van der Waals surface area contributed by atoms with Crippen LogP contribution < -0.4 is 0 Å². The first kappa shape index (κ1) is 15.8. The molecule has 2 aromatic carbocycles. The van der Waals surface area contributed by atoms with E-state index in [1.165, 1.54) is 11.1 Å². The molecule has 4 rings (SSSR count). The molecule has 2 saturated carbocycles. The van der Waals surface area contributed by atoms with E-state index < -0.39 is 0 Å². The first-order valence-corrected chi connectivity index (χ1v) is 8.73. The first-order valence-electron chi connectivity index (χ1n) is 8.73. The van der Waals surface area contributed by atoms with Gasteiger partial charge in [-0.15, -0.1) is 0 Å². The van der Waals surface area contributed by atoms with Crippen LogP contribution in [-0.4, -0.2) is 23.9 Å². The molecule has 4 atom stereocenters. The summed E-state index contributed by atoms with van der Waals surface area (Å²) >= 11 is 0. The van der Waals surface area contributed by atoms with Crippen molar-refractivity contribution >= 4 is 0 Å². The Bertz CT molecular complexity index is 657. The number of aliphatic hydroxyl groups is 1. The molecule has 0 heterocycles. The monoisotopic (exact) mass is 324 g/mol. The molecule has 4 unspecified atom stereocenters. The summed E-state index contributed by atoms with van der Waals surface area (Å²) in [6, 6.07) is 20.5. The smallest absolute Gasteiger partial charge is 0.0720 e. The molecule has 0 amide bonds. The summed E-state index contributed by atoms with van der Waals surface area (Å²) in [4.78, 5) is 0. The topological polar surface area (TPSA) is 38.7 Å². The predicted octanol–water partition coefficient (Wildman–Crippen LogP) is 3.56. The van der Waals surface area contributed by atoms with E-state index >= 15 is 0 Å². The van der Waals surface area contributed by atoms with Crippen LogP contribution in [0.2, 0.25) is 0 Å². The minimum absolute atomic E-state index is 0.0168. The Morgan fingerprint density at radius 1 is 0.917 bits per heavy atom. The van der Waals surface area contributed by atoms with Gasteiger partial charge >= 0.3 is 0 Å². The van der Waals surface area contributed by atoms with Gasteiger partial charge in [-0.2, -0.15) is 0 Å². The standard InChI is InChI=1S/C21H24O3/c22-19-11-20(24-14-17-9-5-2-6-10-17)21(12-18(19)21)15-23-13-16-7-3-1-4-8-16/h1-10,18-20,22H,11-15H2. The molecule has 0 aliphatic heterocycles. The van der Waals surface area contributed by atoms with Crippen LogP contribution in [-0.2, 0) is 22.7 Å². The lowest BCUT2D eigenvalue weighted by molar-refractivity contribution is -0.0418. The lowest BCUT2D eigenvalue weighted by Crippen LogP contribution is -2.27. The van der Waals surface area contributed by atoms with Crippen molar-refractivity contribution in [2.75, 3.05) is 6.61 Å². The van der Waals surface area contributed by atoms with Gasteiger partial charge in [-0.25, -0.2) is 0 Å². The van der Waals surface area contributed by atoms with E-state index in [2.05, 4.69) is 24.3 Å². The first-order chi connectivity index (χ1) is 11.8. The van der Waals surface area contributed by atoms with Gasteiger partial charge in [-0.05, 0) is 23.5 Å². The van der Waals surface area contributed by atoms with Gasteiger partial charge in [0, 0.05) is 11.8 Å². The third-order valence-corrected chi connectivity index (χ3v) is 5.52. The van der Waals surface area contributed by atoms with E-state index in [4.69, 9.17) is 9.47 Å². The van der Waals surface area contributed by atoms with Crippen molar-refractivity contribution in [1.29, 1.82) is 0 Å². The minimum atomic E-state index is -0.244. The van der Waals surface area contributed by atoms with Crippen molar-refractivity contribution in [1.82, 2.24) is 0 Å². The molecule has 24 heavy (non-hydrogen) atoms. The molecule has 2 aliphatic rings. The van der Waals surface area contributed by atoms with Crippen LogP contribution >= 0.6 is 0 Å². The normalized spacial score (nSPS) is 31.0. The summed E-state index contributed by atoms with van der Waals surface area (Å²) in [6.45, 7) is 1.89. The minimum Gasteiger partial charge on any atom is -0.393 e. The van der Waals surface area contributed by atoms with E-state index in [9.17, 15) is 5.11 Å². The number of aliphatic hydroxyl groups excluding tert-OH is 1. The Hall–Kier alpha value is -1.68. The zero-order chi connectivity index (χ0) is 16.4. The van der Waals surface area contributed by atoms with Gasteiger partial charge in [0.1, 0.15) is 0 Å². The quantitative estimate of drug-likeness (QED) is 0.846. The summed E-state index contributed by atoms with van der Waals surface area (Å²) in [5.74, 6) is 0.342. The third kappa shape index (κ3) is 3.12. The van der Waals surface area contributed by atoms with Crippen LogP contribution in [0.15, 0.2) is 60.7 Å². The van der Waals surface area contributed by atoms with E-state index in [0.717, 1.165) is 12.8 Å². The Morgan fingerprint density at radius 3 is 2.17 bits per heavy atom. The van der Waals surface area contributed by atoms with Gasteiger partial charge in [-0.3, -0.25) is 0 Å².